The van der Waals surface area contributed by atoms with Crippen molar-refractivity contribution in [2.75, 3.05) is 33.4 Å². The summed E-state index contributed by atoms with van der Waals surface area (Å²) in [7, 11) is 1.51. The van der Waals surface area contributed by atoms with E-state index in [9.17, 15) is 22.8 Å². The molecule has 1 saturated heterocycles. The Morgan fingerprint density at radius 2 is 1.81 bits per heavy atom. The van der Waals surface area contributed by atoms with E-state index in [0.717, 1.165) is 0 Å². The van der Waals surface area contributed by atoms with Gasteiger partial charge in [0.25, 0.3) is 5.91 Å². The van der Waals surface area contributed by atoms with E-state index >= 15 is 0 Å². The molecule has 6 nitrogen and oxygen atoms in total. The van der Waals surface area contributed by atoms with Gasteiger partial charge in [-0.25, -0.2) is 0 Å². The maximum Gasteiger partial charge on any atom is 0.471 e. The number of hydrogen-bond acceptors (Lipinski definition) is 4. The fourth-order valence-corrected chi connectivity index (χ4v) is 2.69. The third kappa shape index (κ3) is 5.53. The van der Waals surface area contributed by atoms with Crippen molar-refractivity contribution in [3.63, 3.8) is 0 Å². The fourth-order valence-electron chi connectivity index (χ4n) is 2.69. The molecule has 0 unspecified atom stereocenters. The van der Waals surface area contributed by atoms with Gasteiger partial charge in [-0.15, -0.1) is 0 Å². The first kappa shape index (κ1) is 19.9. The number of hydrogen-bond donors (Lipinski definition) is 1. The molecule has 0 aromatic heterocycles. The maximum atomic E-state index is 12.2. The Labute approximate surface area is 149 Å². The third-order valence-corrected chi connectivity index (χ3v) is 4.20. The number of amides is 2. The van der Waals surface area contributed by atoms with E-state index < -0.39 is 12.1 Å². The molecular weight excluding hydrogens is 353 g/mol. The lowest BCUT2D eigenvalue weighted by Crippen LogP contribution is -2.45. The number of nitrogens with zero attached hydrogens (tertiary/aromatic N) is 1. The minimum absolute atomic E-state index is 0.0436. The van der Waals surface area contributed by atoms with Gasteiger partial charge in [-0.2, -0.15) is 13.2 Å². The number of para-hydroxylation sites is 2. The lowest BCUT2D eigenvalue weighted by molar-refractivity contribution is -0.173. The second-order valence-electron chi connectivity index (χ2n) is 5.97. The van der Waals surface area contributed by atoms with Gasteiger partial charge < -0.3 is 19.7 Å². The van der Waals surface area contributed by atoms with E-state index in [4.69, 9.17) is 9.47 Å². The van der Waals surface area contributed by atoms with Crippen LogP contribution in [0.4, 0.5) is 13.2 Å². The second-order valence-corrected chi connectivity index (χ2v) is 5.97. The molecular formula is C17H21F3N2O4. The summed E-state index contributed by atoms with van der Waals surface area (Å²) in [5.41, 5.74) is 0. The topological polar surface area (TPSA) is 67.9 Å². The van der Waals surface area contributed by atoms with Crippen LogP contribution in [0.25, 0.3) is 0 Å². The number of benzene rings is 1. The summed E-state index contributed by atoms with van der Waals surface area (Å²) >= 11 is 0. The molecule has 1 heterocycles. The number of halogens is 3. The van der Waals surface area contributed by atoms with E-state index in [1.165, 1.54) is 7.11 Å². The van der Waals surface area contributed by atoms with Crippen LogP contribution < -0.4 is 14.8 Å². The number of likely N-dealkylation sites (tertiary alicyclic amines) is 1. The van der Waals surface area contributed by atoms with Crippen molar-refractivity contribution in [1.82, 2.24) is 10.2 Å². The summed E-state index contributed by atoms with van der Waals surface area (Å²) in [5.74, 6) is -1.22. The Morgan fingerprint density at radius 1 is 1.19 bits per heavy atom. The van der Waals surface area contributed by atoms with Gasteiger partial charge in [0.2, 0.25) is 0 Å². The van der Waals surface area contributed by atoms with Gasteiger partial charge in [-0.05, 0) is 30.9 Å². The van der Waals surface area contributed by atoms with E-state index in [-0.39, 0.29) is 25.0 Å². The van der Waals surface area contributed by atoms with E-state index in [0.29, 0.717) is 37.4 Å². The minimum atomic E-state index is -4.87. The van der Waals surface area contributed by atoms with E-state index in [1.807, 2.05) is 5.32 Å². The molecule has 0 saturated carbocycles. The molecule has 0 radical (unpaired) electrons. The molecule has 0 bridgehead atoms. The predicted molar refractivity (Wildman–Crippen MR) is 86.9 cm³/mol. The van der Waals surface area contributed by atoms with Gasteiger partial charge in [0.15, 0.2) is 18.1 Å². The van der Waals surface area contributed by atoms with Crippen LogP contribution in [0.5, 0.6) is 11.5 Å². The number of ether oxygens (including phenoxy) is 2. The molecule has 1 aliphatic heterocycles. The van der Waals surface area contributed by atoms with Crippen LogP contribution in [0, 0.1) is 5.92 Å². The highest BCUT2D eigenvalue weighted by Crippen LogP contribution is 2.26. The van der Waals surface area contributed by atoms with Crippen molar-refractivity contribution in [1.29, 1.82) is 0 Å². The molecule has 1 fully saturated rings. The van der Waals surface area contributed by atoms with Crippen LogP contribution in [-0.4, -0.2) is 56.2 Å². The Bertz CT molecular complexity index is 629. The summed E-state index contributed by atoms with van der Waals surface area (Å²) in [6.07, 6.45) is -3.82. The molecule has 1 aromatic rings. The van der Waals surface area contributed by atoms with Gasteiger partial charge in [-0.3, -0.25) is 9.59 Å². The lowest BCUT2D eigenvalue weighted by Gasteiger charge is -2.32. The summed E-state index contributed by atoms with van der Waals surface area (Å²) in [5, 5.41) is 1.89. The molecule has 2 amide bonds. The molecule has 9 heteroatoms. The summed E-state index contributed by atoms with van der Waals surface area (Å²) in [4.78, 5) is 24.7. The highest BCUT2D eigenvalue weighted by molar-refractivity contribution is 5.81. The standard InChI is InChI=1S/C17H21F3N2O4/c1-25-13-4-2-3-5-14(13)26-11-15(23)22-8-6-12(7-9-22)10-21-16(24)17(18,19)20/h2-5,12H,6-11H2,1H3,(H,21,24). The van der Waals surface area contributed by atoms with Gasteiger partial charge >= 0.3 is 12.1 Å². The molecule has 0 spiro atoms. The number of alkyl halides is 3. The second kappa shape index (κ2) is 8.77. The zero-order valence-corrected chi connectivity index (χ0v) is 14.3. The number of carbonyl (C=O) groups is 2. The molecule has 0 atom stereocenters. The van der Waals surface area contributed by atoms with Crippen LogP contribution >= 0.6 is 0 Å². The number of piperidine rings is 1. The number of methoxy groups -OCH3 is 1. The van der Waals surface area contributed by atoms with Gasteiger partial charge in [0, 0.05) is 19.6 Å². The van der Waals surface area contributed by atoms with Crippen molar-refractivity contribution in [3.05, 3.63) is 24.3 Å². The molecule has 1 aliphatic rings. The minimum Gasteiger partial charge on any atom is -0.493 e. The average Bonchev–Trinajstić information content (AvgIpc) is 2.64. The van der Waals surface area contributed by atoms with E-state index in [2.05, 4.69) is 0 Å². The van der Waals surface area contributed by atoms with Crippen molar-refractivity contribution in [3.8, 4) is 11.5 Å². The largest absolute Gasteiger partial charge is 0.493 e. The highest BCUT2D eigenvalue weighted by Gasteiger charge is 2.38. The van der Waals surface area contributed by atoms with Gasteiger partial charge in [-0.1, -0.05) is 12.1 Å². The molecule has 26 heavy (non-hydrogen) atoms. The monoisotopic (exact) mass is 374 g/mol. The van der Waals surface area contributed by atoms with Crippen LogP contribution in [0.3, 0.4) is 0 Å². The quantitative estimate of drug-likeness (QED) is 0.827. The van der Waals surface area contributed by atoms with Crippen molar-refractivity contribution < 1.29 is 32.2 Å². The summed E-state index contributed by atoms with van der Waals surface area (Å²) in [6.45, 7) is 0.648. The number of carbonyl (C=O) groups excluding carboxylic acids is 2. The molecule has 0 aliphatic carbocycles. The Balaban J connectivity index is 1.73. The first-order valence-electron chi connectivity index (χ1n) is 8.20. The zero-order chi connectivity index (χ0) is 19.2. The maximum absolute atomic E-state index is 12.2. The van der Waals surface area contributed by atoms with Gasteiger partial charge in [0.1, 0.15) is 0 Å². The Kier molecular flexibility index (Phi) is 6.70. The predicted octanol–water partition coefficient (Wildman–Crippen LogP) is 1.99. The van der Waals surface area contributed by atoms with Crippen LogP contribution in [0.2, 0.25) is 0 Å². The smallest absolute Gasteiger partial charge is 0.471 e. The Hall–Kier alpha value is -2.45. The zero-order valence-electron chi connectivity index (χ0n) is 14.3. The molecule has 144 valence electrons. The van der Waals surface area contributed by atoms with E-state index in [1.54, 1.807) is 29.2 Å². The lowest BCUT2D eigenvalue weighted by atomic mass is 9.97. The average molecular weight is 374 g/mol. The molecule has 1 N–H and O–H groups in total. The third-order valence-electron chi connectivity index (χ3n) is 4.20. The first-order valence-corrected chi connectivity index (χ1v) is 8.20. The first-order chi connectivity index (χ1) is 12.3. The van der Waals surface area contributed by atoms with Crippen LogP contribution in [0.15, 0.2) is 24.3 Å². The normalized spacial score (nSPS) is 15.5. The molecule has 2 rings (SSSR count). The van der Waals surface area contributed by atoms with Crippen molar-refractivity contribution >= 4 is 11.8 Å². The SMILES string of the molecule is COc1ccccc1OCC(=O)N1CCC(CNC(=O)C(F)(F)F)CC1. The summed E-state index contributed by atoms with van der Waals surface area (Å²) < 4.78 is 47.1. The molecule has 1 aromatic carbocycles. The number of rotatable bonds is 6. The van der Waals surface area contributed by atoms with Crippen molar-refractivity contribution in [2.45, 2.75) is 19.0 Å². The van der Waals surface area contributed by atoms with Crippen LogP contribution in [-0.2, 0) is 9.59 Å². The number of nitrogens with one attached hydrogen (secondary N) is 1. The van der Waals surface area contributed by atoms with Gasteiger partial charge in [0.05, 0.1) is 7.11 Å². The highest BCUT2D eigenvalue weighted by atomic mass is 19.4. The fraction of sp³-hybridized carbons (Fsp3) is 0.529. The van der Waals surface area contributed by atoms with Crippen LogP contribution in [0.1, 0.15) is 12.8 Å². The summed E-state index contributed by atoms with van der Waals surface area (Å²) in [6, 6.07) is 6.97. The Morgan fingerprint density at radius 3 is 2.38 bits per heavy atom. The van der Waals surface area contributed by atoms with Crippen molar-refractivity contribution in [2.24, 2.45) is 5.92 Å².